The monoisotopic (exact) mass is 245 g/mol. The van der Waals surface area contributed by atoms with Gasteiger partial charge in [-0.15, -0.1) is 0 Å². The standard InChI is InChI=1S/C10H19N3O2S/c1-6(9(14)13-10(11)15)12-7-4-3-5-8(7)16-2/h6-8,12H,3-5H2,1-2H3,(H3,11,13,14,15). The summed E-state index contributed by atoms with van der Waals surface area (Å²) < 4.78 is 0. The third-order valence-electron chi connectivity index (χ3n) is 2.86. The molecule has 3 amide bonds. The highest BCUT2D eigenvalue weighted by molar-refractivity contribution is 7.99. The van der Waals surface area contributed by atoms with E-state index in [4.69, 9.17) is 5.73 Å². The SMILES string of the molecule is CSC1CCCC1NC(C)C(=O)NC(N)=O. The molecule has 0 heterocycles. The van der Waals surface area contributed by atoms with Gasteiger partial charge in [0.15, 0.2) is 0 Å². The van der Waals surface area contributed by atoms with Crippen LogP contribution in [0.3, 0.4) is 0 Å². The Hall–Kier alpha value is -0.750. The molecule has 0 aromatic rings. The highest BCUT2D eigenvalue weighted by atomic mass is 32.2. The Labute approximate surface area is 99.9 Å². The average Bonchev–Trinajstić information content (AvgIpc) is 2.64. The lowest BCUT2D eigenvalue weighted by molar-refractivity contribution is -0.121. The maximum atomic E-state index is 11.5. The summed E-state index contributed by atoms with van der Waals surface area (Å²) in [6.07, 6.45) is 5.54. The van der Waals surface area contributed by atoms with Crippen molar-refractivity contribution in [2.24, 2.45) is 5.73 Å². The van der Waals surface area contributed by atoms with Gasteiger partial charge in [0.05, 0.1) is 6.04 Å². The van der Waals surface area contributed by atoms with Gasteiger partial charge in [0, 0.05) is 11.3 Å². The number of amides is 3. The number of primary amides is 1. The fourth-order valence-electron chi connectivity index (χ4n) is 2.03. The van der Waals surface area contributed by atoms with E-state index in [9.17, 15) is 9.59 Å². The van der Waals surface area contributed by atoms with Crippen LogP contribution in [0.15, 0.2) is 0 Å². The zero-order valence-corrected chi connectivity index (χ0v) is 10.5. The third kappa shape index (κ3) is 3.68. The normalized spacial score (nSPS) is 26.4. The lowest BCUT2D eigenvalue weighted by atomic mass is 10.2. The topological polar surface area (TPSA) is 84.2 Å². The van der Waals surface area contributed by atoms with Gasteiger partial charge in [0.1, 0.15) is 0 Å². The van der Waals surface area contributed by atoms with Crippen molar-refractivity contribution in [3.8, 4) is 0 Å². The molecule has 4 N–H and O–H groups in total. The number of hydrogen-bond donors (Lipinski definition) is 3. The predicted molar refractivity (Wildman–Crippen MR) is 65.3 cm³/mol. The Bertz CT molecular complexity index is 273. The van der Waals surface area contributed by atoms with Crippen molar-refractivity contribution in [1.29, 1.82) is 0 Å². The first-order chi connectivity index (χ1) is 7.54. The summed E-state index contributed by atoms with van der Waals surface area (Å²) in [7, 11) is 0. The van der Waals surface area contributed by atoms with E-state index in [1.165, 1.54) is 12.8 Å². The number of carbonyl (C=O) groups excluding carboxylic acids is 2. The maximum absolute atomic E-state index is 11.5. The summed E-state index contributed by atoms with van der Waals surface area (Å²) in [4.78, 5) is 22.0. The van der Waals surface area contributed by atoms with Gasteiger partial charge < -0.3 is 11.1 Å². The van der Waals surface area contributed by atoms with Gasteiger partial charge in [-0.3, -0.25) is 10.1 Å². The molecule has 0 aromatic carbocycles. The number of thioether (sulfide) groups is 1. The van der Waals surface area contributed by atoms with E-state index in [-0.39, 0.29) is 11.9 Å². The largest absolute Gasteiger partial charge is 0.351 e. The molecular formula is C10H19N3O2S. The summed E-state index contributed by atoms with van der Waals surface area (Å²) in [5, 5.41) is 5.88. The molecule has 0 aromatic heterocycles. The van der Waals surface area contributed by atoms with Crippen molar-refractivity contribution in [3.05, 3.63) is 0 Å². The number of hydrogen-bond acceptors (Lipinski definition) is 4. The van der Waals surface area contributed by atoms with E-state index in [2.05, 4.69) is 16.9 Å². The van der Waals surface area contributed by atoms with E-state index in [0.717, 1.165) is 6.42 Å². The smallest absolute Gasteiger partial charge is 0.318 e. The summed E-state index contributed by atoms with van der Waals surface area (Å²) in [5.74, 6) is -0.362. The lowest BCUT2D eigenvalue weighted by Crippen LogP contribution is -2.50. The van der Waals surface area contributed by atoms with Crippen molar-refractivity contribution in [2.75, 3.05) is 6.26 Å². The van der Waals surface area contributed by atoms with Crippen LogP contribution >= 0.6 is 11.8 Å². The molecule has 1 aliphatic rings. The van der Waals surface area contributed by atoms with Gasteiger partial charge in [-0.1, -0.05) is 6.42 Å². The van der Waals surface area contributed by atoms with Gasteiger partial charge in [-0.2, -0.15) is 11.8 Å². The summed E-state index contributed by atoms with van der Waals surface area (Å²) in [5.41, 5.74) is 4.89. The second-order valence-corrected chi connectivity index (χ2v) is 5.13. The minimum Gasteiger partial charge on any atom is -0.351 e. The summed E-state index contributed by atoms with van der Waals surface area (Å²) in [6, 6.07) is -0.833. The Morgan fingerprint density at radius 1 is 1.44 bits per heavy atom. The van der Waals surface area contributed by atoms with Crippen LogP contribution in [0, 0.1) is 0 Å². The second kappa shape index (κ2) is 6.10. The van der Waals surface area contributed by atoms with Crippen LogP contribution in [-0.2, 0) is 4.79 Å². The molecule has 1 rings (SSSR count). The van der Waals surface area contributed by atoms with Crippen LogP contribution in [0.1, 0.15) is 26.2 Å². The molecule has 0 saturated heterocycles. The Morgan fingerprint density at radius 2 is 2.12 bits per heavy atom. The van der Waals surface area contributed by atoms with Gasteiger partial charge in [0.2, 0.25) is 5.91 Å². The van der Waals surface area contributed by atoms with Crippen LogP contribution in [0.25, 0.3) is 0 Å². The minimum absolute atomic E-state index is 0.351. The molecule has 1 fully saturated rings. The van der Waals surface area contributed by atoms with Crippen molar-refractivity contribution < 1.29 is 9.59 Å². The number of imide groups is 1. The zero-order valence-electron chi connectivity index (χ0n) is 9.66. The molecule has 5 nitrogen and oxygen atoms in total. The van der Waals surface area contributed by atoms with Crippen LogP contribution < -0.4 is 16.4 Å². The number of nitrogens with one attached hydrogen (secondary N) is 2. The Balaban J connectivity index is 2.41. The molecule has 3 atom stereocenters. The predicted octanol–water partition coefficient (Wildman–Crippen LogP) is 0.444. The Morgan fingerprint density at radius 3 is 2.69 bits per heavy atom. The first-order valence-corrected chi connectivity index (χ1v) is 6.72. The van der Waals surface area contributed by atoms with Gasteiger partial charge in [0.25, 0.3) is 0 Å². The third-order valence-corrected chi connectivity index (χ3v) is 4.03. The molecule has 16 heavy (non-hydrogen) atoms. The van der Waals surface area contributed by atoms with Crippen LogP contribution in [0.4, 0.5) is 4.79 Å². The van der Waals surface area contributed by atoms with E-state index in [1.54, 1.807) is 6.92 Å². The summed E-state index contributed by atoms with van der Waals surface area (Å²) >= 11 is 1.82. The van der Waals surface area contributed by atoms with E-state index >= 15 is 0 Å². The molecule has 0 radical (unpaired) electrons. The number of nitrogens with two attached hydrogens (primary N) is 1. The second-order valence-electron chi connectivity index (χ2n) is 4.05. The first-order valence-electron chi connectivity index (χ1n) is 5.43. The van der Waals surface area contributed by atoms with Crippen molar-refractivity contribution in [2.45, 2.75) is 43.5 Å². The molecule has 92 valence electrons. The quantitative estimate of drug-likeness (QED) is 0.671. The van der Waals surface area contributed by atoms with E-state index in [0.29, 0.717) is 11.3 Å². The molecule has 6 heteroatoms. The molecular weight excluding hydrogens is 226 g/mol. The van der Waals surface area contributed by atoms with Gasteiger partial charge in [-0.25, -0.2) is 4.79 Å². The maximum Gasteiger partial charge on any atom is 0.318 e. The molecule has 1 aliphatic carbocycles. The van der Waals surface area contributed by atoms with Crippen molar-refractivity contribution >= 4 is 23.7 Å². The summed E-state index contributed by atoms with van der Waals surface area (Å²) in [6.45, 7) is 1.74. The minimum atomic E-state index is -0.800. The van der Waals surface area contributed by atoms with Crippen LogP contribution in [0.2, 0.25) is 0 Å². The molecule has 0 aliphatic heterocycles. The van der Waals surface area contributed by atoms with Gasteiger partial charge >= 0.3 is 6.03 Å². The fourth-order valence-corrected chi connectivity index (χ4v) is 2.97. The number of rotatable bonds is 4. The highest BCUT2D eigenvalue weighted by Gasteiger charge is 2.29. The average molecular weight is 245 g/mol. The van der Waals surface area contributed by atoms with Crippen molar-refractivity contribution in [3.63, 3.8) is 0 Å². The van der Waals surface area contributed by atoms with E-state index in [1.807, 2.05) is 11.8 Å². The molecule has 3 unspecified atom stereocenters. The van der Waals surface area contributed by atoms with Gasteiger partial charge in [-0.05, 0) is 26.0 Å². The number of carbonyl (C=O) groups is 2. The Kier molecular flexibility index (Phi) is 5.08. The van der Waals surface area contributed by atoms with E-state index < -0.39 is 6.03 Å². The highest BCUT2D eigenvalue weighted by Crippen LogP contribution is 2.28. The first kappa shape index (κ1) is 13.3. The molecule has 0 spiro atoms. The number of urea groups is 1. The fraction of sp³-hybridized carbons (Fsp3) is 0.800. The van der Waals surface area contributed by atoms with Crippen LogP contribution in [0.5, 0.6) is 0 Å². The van der Waals surface area contributed by atoms with Crippen molar-refractivity contribution in [1.82, 2.24) is 10.6 Å². The molecule has 1 saturated carbocycles. The lowest BCUT2D eigenvalue weighted by Gasteiger charge is -2.22. The molecule has 0 bridgehead atoms. The zero-order chi connectivity index (χ0) is 12.1. The van der Waals surface area contributed by atoms with Crippen LogP contribution in [-0.4, -0.2) is 35.5 Å².